The van der Waals surface area contributed by atoms with Gasteiger partial charge in [0.05, 0.1) is 18.6 Å². The van der Waals surface area contributed by atoms with Crippen LogP contribution in [0.2, 0.25) is 0 Å². The molecule has 0 aromatic carbocycles. The highest BCUT2D eigenvalue weighted by atomic mass is 16.1. The van der Waals surface area contributed by atoms with Gasteiger partial charge in [-0.3, -0.25) is 4.79 Å². The largest absolute Gasteiger partial charge is 0.382 e. The third kappa shape index (κ3) is 1.58. The van der Waals surface area contributed by atoms with E-state index in [1.807, 2.05) is 0 Å². The van der Waals surface area contributed by atoms with E-state index in [0.717, 1.165) is 0 Å². The first-order valence-corrected chi connectivity index (χ1v) is 3.88. The number of hydrogen-bond acceptors (Lipinski definition) is 5. The van der Waals surface area contributed by atoms with Crippen molar-refractivity contribution in [1.29, 1.82) is 0 Å². The van der Waals surface area contributed by atoms with Gasteiger partial charge < -0.3 is 10.7 Å². The Morgan fingerprint density at radius 3 is 2.43 bits per heavy atom. The standard InChI is InChI=1S/C8H7N5O/c9-7-3-10-5(1-12-7)6-2-13-8(14)4-11-6/h1-4H,(H2,9,12)(H,13,14). The maximum absolute atomic E-state index is 10.7. The summed E-state index contributed by atoms with van der Waals surface area (Å²) < 4.78 is 0. The average molecular weight is 189 g/mol. The summed E-state index contributed by atoms with van der Waals surface area (Å²) in [6, 6.07) is 0. The molecule has 0 aliphatic heterocycles. The molecule has 6 nitrogen and oxygen atoms in total. The fourth-order valence-electron chi connectivity index (χ4n) is 0.953. The molecule has 0 saturated carbocycles. The highest BCUT2D eigenvalue weighted by Gasteiger charge is 2.00. The Labute approximate surface area is 78.9 Å². The minimum Gasteiger partial charge on any atom is -0.382 e. The van der Waals surface area contributed by atoms with E-state index in [2.05, 4.69) is 19.9 Å². The fraction of sp³-hybridized carbons (Fsp3) is 0. The zero-order valence-electron chi connectivity index (χ0n) is 7.14. The number of nitrogens with one attached hydrogen (secondary N) is 1. The molecule has 14 heavy (non-hydrogen) atoms. The quantitative estimate of drug-likeness (QED) is 0.647. The van der Waals surface area contributed by atoms with Gasteiger partial charge in [-0.15, -0.1) is 0 Å². The van der Waals surface area contributed by atoms with Crippen molar-refractivity contribution in [2.45, 2.75) is 0 Å². The van der Waals surface area contributed by atoms with E-state index >= 15 is 0 Å². The normalized spacial score (nSPS) is 10.0. The van der Waals surface area contributed by atoms with E-state index in [1.165, 1.54) is 24.8 Å². The van der Waals surface area contributed by atoms with Gasteiger partial charge in [-0.05, 0) is 0 Å². The molecule has 70 valence electrons. The molecule has 2 heterocycles. The Bertz CT molecular complexity index is 469. The smallest absolute Gasteiger partial charge is 0.266 e. The van der Waals surface area contributed by atoms with E-state index in [0.29, 0.717) is 17.2 Å². The lowest BCUT2D eigenvalue weighted by Gasteiger charge is -1.97. The molecule has 0 amide bonds. The minimum atomic E-state index is -0.253. The molecule has 2 aromatic rings. The van der Waals surface area contributed by atoms with Gasteiger partial charge in [-0.2, -0.15) is 0 Å². The molecule has 0 aliphatic rings. The van der Waals surface area contributed by atoms with Crippen LogP contribution in [0.25, 0.3) is 11.4 Å². The summed E-state index contributed by atoms with van der Waals surface area (Å²) in [7, 11) is 0. The van der Waals surface area contributed by atoms with Crippen molar-refractivity contribution in [3.05, 3.63) is 35.1 Å². The van der Waals surface area contributed by atoms with E-state index in [4.69, 9.17) is 5.73 Å². The molecule has 0 unspecified atom stereocenters. The summed E-state index contributed by atoms with van der Waals surface area (Å²) in [6.45, 7) is 0. The van der Waals surface area contributed by atoms with Crippen LogP contribution in [-0.2, 0) is 0 Å². The number of nitrogen functional groups attached to an aromatic ring is 1. The van der Waals surface area contributed by atoms with Gasteiger partial charge in [0.2, 0.25) is 0 Å². The molecule has 0 atom stereocenters. The minimum absolute atomic E-state index is 0.253. The summed E-state index contributed by atoms with van der Waals surface area (Å²) >= 11 is 0. The lowest BCUT2D eigenvalue weighted by Crippen LogP contribution is -2.05. The zero-order chi connectivity index (χ0) is 9.97. The van der Waals surface area contributed by atoms with Crippen molar-refractivity contribution in [3.8, 4) is 11.4 Å². The number of aromatic amines is 1. The Balaban J connectivity index is 2.44. The van der Waals surface area contributed by atoms with Crippen molar-refractivity contribution >= 4 is 5.82 Å². The first-order valence-electron chi connectivity index (χ1n) is 3.88. The Morgan fingerprint density at radius 1 is 1.07 bits per heavy atom. The third-order valence-electron chi connectivity index (χ3n) is 1.61. The second kappa shape index (κ2) is 3.25. The number of H-pyrrole nitrogens is 1. The lowest BCUT2D eigenvalue weighted by molar-refractivity contribution is 1.11. The first-order chi connectivity index (χ1) is 6.75. The van der Waals surface area contributed by atoms with Crippen LogP contribution in [0.3, 0.4) is 0 Å². The van der Waals surface area contributed by atoms with E-state index in [1.54, 1.807) is 0 Å². The van der Waals surface area contributed by atoms with Gasteiger partial charge in [-0.25, -0.2) is 15.0 Å². The summed E-state index contributed by atoms with van der Waals surface area (Å²) in [6.07, 6.45) is 5.59. The van der Waals surface area contributed by atoms with Crippen molar-refractivity contribution in [2.75, 3.05) is 5.73 Å². The highest BCUT2D eigenvalue weighted by Crippen LogP contribution is 2.09. The van der Waals surface area contributed by atoms with Gasteiger partial charge in [0.15, 0.2) is 0 Å². The summed E-state index contributed by atoms with van der Waals surface area (Å²) in [4.78, 5) is 25.0. The van der Waals surface area contributed by atoms with E-state index in [-0.39, 0.29) is 5.56 Å². The zero-order valence-corrected chi connectivity index (χ0v) is 7.14. The first kappa shape index (κ1) is 8.36. The summed E-state index contributed by atoms with van der Waals surface area (Å²) in [5.74, 6) is 0.346. The number of anilines is 1. The number of rotatable bonds is 1. The molecule has 0 radical (unpaired) electrons. The van der Waals surface area contributed by atoms with Crippen LogP contribution >= 0.6 is 0 Å². The maximum Gasteiger partial charge on any atom is 0.266 e. The molecule has 2 aromatic heterocycles. The van der Waals surface area contributed by atoms with Gasteiger partial charge in [-0.1, -0.05) is 0 Å². The van der Waals surface area contributed by atoms with Crippen LogP contribution in [0.4, 0.5) is 5.82 Å². The van der Waals surface area contributed by atoms with Crippen molar-refractivity contribution in [1.82, 2.24) is 19.9 Å². The van der Waals surface area contributed by atoms with E-state index in [9.17, 15) is 4.79 Å². The SMILES string of the molecule is Nc1cnc(-c2c[nH]c(=O)cn2)cn1. The number of nitrogens with zero attached hydrogens (tertiary/aromatic N) is 3. The second-order valence-corrected chi connectivity index (χ2v) is 2.62. The number of hydrogen-bond donors (Lipinski definition) is 2. The van der Waals surface area contributed by atoms with Crippen molar-refractivity contribution < 1.29 is 0 Å². The highest BCUT2D eigenvalue weighted by molar-refractivity contribution is 5.51. The molecule has 0 bridgehead atoms. The van der Waals surface area contributed by atoms with E-state index < -0.39 is 0 Å². The summed E-state index contributed by atoms with van der Waals surface area (Å²) in [5, 5.41) is 0. The maximum atomic E-state index is 10.7. The molecule has 6 heteroatoms. The number of nitrogens with two attached hydrogens (primary N) is 1. The predicted octanol–water partition coefficient (Wildman–Crippen LogP) is -0.191. The third-order valence-corrected chi connectivity index (χ3v) is 1.61. The van der Waals surface area contributed by atoms with Gasteiger partial charge in [0, 0.05) is 6.20 Å². The molecule has 0 fully saturated rings. The monoisotopic (exact) mass is 189 g/mol. The molecule has 0 saturated heterocycles. The molecule has 0 aliphatic carbocycles. The lowest BCUT2D eigenvalue weighted by atomic mass is 10.3. The van der Waals surface area contributed by atoms with Crippen LogP contribution < -0.4 is 11.3 Å². The second-order valence-electron chi connectivity index (χ2n) is 2.62. The van der Waals surface area contributed by atoms with Crippen molar-refractivity contribution in [2.24, 2.45) is 0 Å². The Hall–Kier alpha value is -2.24. The van der Waals surface area contributed by atoms with Crippen molar-refractivity contribution in [3.63, 3.8) is 0 Å². The number of aromatic nitrogens is 4. The van der Waals surface area contributed by atoms with Crippen LogP contribution in [0.15, 0.2) is 29.6 Å². The Morgan fingerprint density at radius 2 is 1.86 bits per heavy atom. The van der Waals surface area contributed by atoms with Gasteiger partial charge >= 0.3 is 0 Å². The topological polar surface area (TPSA) is 97.5 Å². The van der Waals surface area contributed by atoms with Crippen LogP contribution in [0.1, 0.15) is 0 Å². The fourth-order valence-corrected chi connectivity index (χ4v) is 0.953. The molecular formula is C8H7N5O. The van der Waals surface area contributed by atoms with Crippen LogP contribution in [0, 0.1) is 0 Å². The molecule has 2 rings (SSSR count). The average Bonchev–Trinajstić information content (AvgIpc) is 2.21. The molecular weight excluding hydrogens is 182 g/mol. The van der Waals surface area contributed by atoms with Gasteiger partial charge in [0.25, 0.3) is 5.56 Å². The predicted molar refractivity (Wildman–Crippen MR) is 50.3 cm³/mol. The van der Waals surface area contributed by atoms with Crippen LogP contribution in [-0.4, -0.2) is 19.9 Å². The molecule has 0 spiro atoms. The van der Waals surface area contributed by atoms with Crippen LogP contribution in [0.5, 0.6) is 0 Å². The Kier molecular flexibility index (Phi) is 1.94. The van der Waals surface area contributed by atoms with Gasteiger partial charge in [0.1, 0.15) is 17.2 Å². The molecule has 3 N–H and O–H groups in total. The summed E-state index contributed by atoms with van der Waals surface area (Å²) in [5.41, 5.74) is 6.24.